The second-order valence-corrected chi connectivity index (χ2v) is 6.09. The van der Waals surface area contributed by atoms with Crippen LogP contribution in [0.1, 0.15) is 6.92 Å². The Labute approximate surface area is 140 Å². The molecule has 24 heavy (non-hydrogen) atoms. The van der Waals surface area contributed by atoms with Crippen LogP contribution in [0.25, 0.3) is 5.78 Å². The van der Waals surface area contributed by atoms with E-state index in [1.54, 1.807) is 37.5 Å². The summed E-state index contributed by atoms with van der Waals surface area (Å²) in [7, 11) is 0. The van der Waals surface area contributed by atoms with Crippen LogP contribution < -0.4 is 5.32 Å². The zero-order chi connectivity index (χ0) is 17.1. The molecule has 1 atom stereocenters. The van der Waals surface area contributed by atoms with Crippen LogP contribution in [-0.2, 0) is 4.79 Å². The van der Waals surface area contributed by atoms with E-state index in [1.807, 2.05) is 0 Å². The average Bonchev–Trinajstić information content (AvgIpc) is 2.97. The van der Waals surface area contributed by atoms with Gasteiger partial charge in [-0.05, 0) is 19.1 Å². The number of thioether (sulfide) groups is 1. The Hall–Kier alpha value is -3.01. The number of nitro benzene ring substituents is 1. The van der Waals surface area contributed by atoms with E-state index in [0.29, 0.717) is 10.9 Å². The molecule has 0 bridgehead atoms. The van der Waals surface area contributed by atoms with Crippen molar-refractivity contribution in [2.24, 2.45) is 0 Å². The summed E-state index contributed by atoms with van der Waals surface area (Å²) in [4.78, 5) is 31.0. The highest BCUT2D eigenvalue weighted by Crippen LogP contribution is 2.26. The first-order chi connectivity index (χ1) is 11.5. The van der Waals surface area contributed by atoms with Gasteiger partial charge in [-0.3, -0.25) is 14.9 Å². The number of nitrogens with one attached hydrogen (secondary N) is 1. The van der Waals surface area contributed by atoms with E-state index in [-0.39, 0.29) is 17.3 Å². The molecule has 3 aromatic rings. The molecule has 0 saturated carbocycles. The van der Waals surface area contributed by atoms with Crippen molar-refractivity contribution >= 4 is 34.8 Å². The number of para-hydroxylation sites is 2. The maximum Gasteiger partial charge on any atom is 0.292 e. The fourth-order valence-electron chi connectivity index (χ4n) is 1.95. The minimum atomic E-state index is -0.540. The number of hydrogen-bond donors (Lipinski definition) is 1. The molecular formula is C14H12N6O3S. The Morgan fingerprint density at radius 3 is 2.92 bits per heavy atom. The number of nitrogens with zero attached hydrogens (tertiary/aromatic N) is 5. The lowest BCUT2D eigenvalue weighted by molar-refractivity contribution is -0.383. The molecule has 0 aliphatic carbocycles. The van der Waals surface area contributed by atoms with Gasteiger partial charge in [0, 0.05) is 18.5 Å². The average molecular weight is 344 g/mol. The molecular weight excluding hydrogens is 332 g/mol. The zero-order valence-electron chi connectivity index (χ0n) is 12.5. The Balaban J connectivity index is 1.72. The molecule has 122 valence electrons. The Morgan fingerprint density at radius 2 is 2.17 bits per heavy atom. The minimum Gasteiger partial charge on any atom is -0.319 e. The Kier molecular flexibility index (Phi) is 4.38. The van der Waals surface area contributed by atoms with Crippen molar-refractivity contribution in [2.45, 2.75) is 17.3 Å². The van der Waals surface area contributed by atoms with E-state index >= 15 is 0 Å². The number of aromatic nitrogens is 4. The van der Waals surface area contributed by atoms with Gasteiger partial charge in [-0.1, -0.05) is 23.9 Å². The van der Waals surface area contributed by atoms with Gasteiger partial charge < -0.3 is 5.32 Å². The summed E-state index contributed by atoms with van der Waals surface area (Å²) in [5.41, 5.74) is 0.00248. The van der Waals surface area contributed by atoms with Crippen LogP contribution in [0.2, 0.25) is 0 Å². The van der Waals surface area contributed by atoms with Gasteiger partial charge in [0.25, 0.3) is 11.5 Å². The van der Waals surface area contributed by atoms with Crippen molar-refractivity contribution in [3.8, 4) is 0 Å². The molecule has 10 heteroatoms. The van der Waals surface area contributed by atoms with Crippen LogP contribution >= 0.6 is 11.8 Å². The van der Waals surface area contributed by atoms with Gasteiger partial charge in [-0.15, -0.1) is 5.10 Å². The van der Waals surface area contributed by atoms with E-state index in [4.69, 9.17) is 0 Å². The van der Waals surface area contributed by atoms with Crippen molar-refractivity contribution in [2.75, 3.05) is 5.32 Å². The molecule has 1 unspecified atom stereocenters. The molecule has 9 nitrogen and oxygen atoms in total. The van der Waals surface area contributed by atoms with Crippen LogP contribution in [0.4, 0.5) is 11.4 Å². The molecule has 0 radical (unpaired) electrons. The van der Waals surface area contributed by atoms with Crippen LogP contribution in [0.5, 0.6) is 0 Å². The SMILES string of the molecule is CC(Sc1nc2ncccn2n1)C(=O)Nc1ccccc1[N+](=O)[O-]. The second-order valence-electron chi connectivity index (χ2n) is 4.78. The van der Waals surface area contributed by atoms with Crippen molar-refractivity contribution in [3.05, 3.63) is 52.8 Å². The van der Waals surface area contributed by atoms with Gasteiger partial charge in [0.1, 0.15) is 5.69 Å². The van der Waals surface area contributed by atoms with Crippen molar-refractivity contribution in [1.82, 2.24) is 19.6 Å². The number of nitro groups is 1. The molecule has 2 aromatic heterocycles. The number of benzene rings is 1. The van der Waals surface area contributed by atoms with Gasteiger partial charge in [0.15, 0.2) is 0 Å². The van der Waals surface area contributed by atoms with E-state index in [0.717, 1.165) is 11.8 Å². The predicted octanol–water partition coefficient (Wildman–Crippen LogP) is 2.15. The third-order valence-electron chi connectivity index (χ3n) is 3.11. The van der Waals surface area contributed by atoms with Crippen LogP contribution in [0.3, 0.4) is 0 Å². The first-order valence-corrected chi connectivity index (χ1v) is 7.81. The highest BCUT2D eigenvalue weighted by molar-refractivity contribution is 8.00. The quantitative estimate of drug-likeness (QED) is 0.428. The van der Waals surface area contributed by atoms with E-state index in [2.05, 4.69) is 20.4 Å². The van der Waals surface area contributed by atoms with Crippen molar-refractivity contribution < 1.29 is 9.72 Å². The lowest BCUT2D eigenvalue weighted by atomic mass is 10.2. The summed E-state index contributed by atoms with van der Waals surface area (Å²) in [5, 5.41) is 17.6. The minimum absolute atomic E-state index is 0.155. The maximum absolute atomic E-state index is 12.3. The van der Waals surface area contributed by atoms with Gasteiger partial charge in [-0.25, -0.2) is 9.50 Å². The summed E-state index contributed by atoms with van der Waals surface area (Å²) in [6, 6.07) is 7.71. The number of fused-ring (bicyclic) bond motifs is 1. The van der Waals surface area contributed by atoms with E-state index in [1.165, 1.54) is 16.6 Å². The number of rotatable bonds is 5. The monoisotopic (exact) mass is 344 g/mol. The highest BCUT2D eigenvalue weighted by atomic mass is 32.2. The largest absolute Gasteiger partial charge is 0.319 e. The first-order valence-electron chi connectivity index (χ1n) is 6.93. The maximum atomic E-state index is 12.3. The normalized spacial score (nSPS) is 12.0. The molecule has 1 aromatic carbocycles. The highest BCUT2D eigenvalue weighted by Gasteiger charge is 2.21. The van der Waals surface area contributed by atoms with Crippen LogP contribution in [-0.4, -0.2) is 35.7 Å². The predicted molar refractivity (Wildman–Crippen MR) is 87.8 cm³/mol. The molecule has 0 saturated heterocycles. The molecule has 1 amide bonds. The standard InChI is InChI=1S/C14H12N6O3S/c1-9(24-14-17-13-15-7-4-8-19(13)18-14)12(21)16-10-5-2-3-6-11(10)20(22)23/h2-9H,1H3,(H,16,21). The van der Waals surface area contributed by atoms with E-state index in [9.17, 15) is 14.9 Å². The molecule has 3 rings (SSSR count). The molecule has 0 fully saturated rings. The summed E-state index contributed by atoms with van der Waals surface area (Å²) in [6.45, 7) is 1.67. The molecule has 0 aliphatic heterocycles. The number of anilines is 1. The van der Waals surface area contributed by atoms with Crippen LogP contribution in [0.15, 0.2) is 47.9 Å². The summed E-state index contributed by atoms with van der Waals surface area (Å²) in [5.74, 6) is 0.0624. The Bertz CT molecular complexity index is 879. The lowest BCUT2D eigenvalue weighted by Crippen LogP contribution is -2.23. The summed E-state index contributed by atoms with van der Waals surface area (Å²) in [6.07, 6.45) is 3.31. The van der Waals surface area contributed by atoms with Crippen LogP contribution in [0, 0.1) is 10.1 Å². The molecule has 0 aliphatic rings. The number of hydrogen-bond acceptors (Lipinski definition) is 7. The molecule has 0 spiro atoms. The van der Waals surface area contributed by atoms with Gasteiger partial charge in [0.2, 0.25) is 11.1 Å². The van der Waals surface area contributed by atoms with E-state index < -0.39 is 10.2 Å². The fraction of sp³-hybridized carbons (Fsp3) is 0.143. The smallest absolute Gasteiger partial charge is 0.292 e. The Morgan fingerprint density at radius 1 is 1.38 bits per heavy atom. The topological polar surface area (TPSA) is 115 Å². The second kappa shape index (κ2) is 6.62. The van der Waals surface area contributed by atoms with Gasteiger partial charge in [0.05, 0.1) is 10.2 Å². The number of carbonyl (C=O) groups is 1. The third-order valence-corrected chi connectivity index (χ3v) is 4.06. The number of carbonyl (C=O) groups excluding carboxylic acids is 1. The first kappa shape index (κ1) is 15.9. The van der Waals surface area contributed by atoms with Crippen molar-refractivity contribution in [3.63, 3.8) is 0 Å². The van der Waals surface area contributed by atoms with Gasteiger partial charge in [-0.2, -0.15) is 4.98 Å². The third kappa shape index (κ3) is 3.33. The summed E-state index contributed by atoms with van der Waals surface area (Å²) >= 11 is 1.15. The zero-order valence-corrected chi connectivity index (χ0v) is 13.3. The van der Waals surface area contributed by atoms with Gasteiger partial charge >= 0.3 is 0 Å². The summed E-state index contributed by atoms with van der Waals surface area (Å²) < 4.78 is 1.51. The number of amides is 1. The van der Waals surface area contributed by atoms with Crippen molar-refractivity contribution in [1.29, 1.82) is 0 Å². The molecule has 1 N–H and O–H groups in total. The molecule has 2 heterocycles. The fourth-order valence-corrected chi connectivity index (χ4v) is 2.70. The lowest BCUT2D eigenvalue weighted by Gasteiger charge is -2.10.